The minimum absolute atomic E-state index is 0.0735. The lowest BCUT2D eigenvalue weighted by molar-refractivity contribution is -0.130. The van der Waals surface area contributed by atoms with E-state index in [1.54, 1.807) is 16.7 Å². The molecule has 2 heterocycles. The third-order valence-corrected chi connectivity index (χ3v) is 3.55. The molecule has 2 aliphatic rings. The highest BCUT2D eigenvalue weighted by Crippen LogP contribution is 2.12. The molecule has 0 atom stereocenters. The summed E-state index contributed by atoms with van der Waals surface area (Å²) in [6, 6.07) is -0.0813. The number of nitrogens with zero attached hydrogens (tertiary/aromatic N) is 2. The Bertz CT molecular complexity index is 365. The van der Waals surface area contributed by atoms with E-state index < -0.39 is 0 Å². The van der Waals surface area contributed by atoms with Gasteiger partial charge >= 0.3 is 6.03 Å². The third-order valence-electron chi connectivity index (χ3n) is 3.55. The van der Waals surface area contributed by atoms with Gasteiger partial charge < -0.3 is 19.9 Å². The van der Waals surface area contributed by atoms with Crippen molar-refractivity contribution in [3.8, 4) is 0 Å². The van der Waals surface area contributed by atoms with Crippen molar-refractivity contribution in [3.63, 3.8) is 0 Å². The van der Waals surface area contributed by atoms with Crippen LogP contribution in [0.4, 0.5) is 4.79 Å². The number of hydrogen-bond acceptors (Lipinski definition) is 3. The smallest absolute Gasteiger partial charge is 0.321 e. The van der Waals surface area contributed by atoms with Gasteiger partial charge in [-0.15, -0.1) is 0 Å². The Balaban J connectivity index is 1.76. The van der Waals surface area contributed by atoms with E-state index in [1.807, 2.05) is 6.20 Å². The SMILES string of the molecule is CC(=O)N1CCN(C(=O)NC=C2CCOCC2)CC1. The van der Waals surface area contributed by atoms with Gasteiger partial charge in [0.1, 0.15) is 0 Å². The van der Waals surface area contributed by atoms with Crippen molar-refractivity contribution in [1.29, 1.82) is 0 Å². The zero-order chi connectivity index (χ0) is 13.7. The van der Waals surface area contributed by atoms with Gasteiger partial charge in [0.05, 0.1) is 13.2 Å². The van der Waals surface area contributed by atoms with Crippen LogP contribution in [0.15, 0.2) is 11.8 Å². The number of nitrogens with one attached hydrogen (secondary N) is 1. The van der Waals surface area contributed by atoms with E-state index in [9.17, 15) is 9.59 Å². The number of amides is 3. The minimum atomic E-state index is -0.0813. The van der Waals surface area contributed by atoms with Gasteiger partial charge in [-0.3, -0.25) is 4.79 Å². The first-order valence-corrected chi connectivity index (χ1v) is 6.73. The highest BCUT2D eigenvalue weighted by atomic mass is 16.5. The summed E-state index contributed by atoms with van der Waals surface area (Å²) >= 11 is 0. The second kappa shape index (κ2) is 6.56. The number of hydrogen-bond donors (Lipinski definition) is 1. The fraction of sp³-hybridized carbons (Fsp3) is 0.692. The van der Waals surface area contributed by atoms with E-state index in [0.29, 0.717) is 26.2 Å². The van der Waals surface area contributed by atoms with Gasteiger partial charge in [0.15, 0.2) is 0 Å². The average molecular weight is 267 g/mol. The Morgan fingerprint density at radius 2 is 1.68 bits per heavy atom. The van der Waals surface area contributed by atoms with Gasteiger partial charge in [-0.05, 0) is 18.4 Å². The molecule has 0 bridgehead atoms. The molecule has 0 aliphatic carbocycles. The molecular weight excluding hydrogens is 246 g/mol. The zero-order valence-electron chi connectivity index (χ0n) is 11.4. The normalized spacial score (nSPS) is 20.2. The molecule has 2 rings (SSSR count). The highest BCUT2D eigenvalue weighted by molar-refractivity contribution is 5.76. The van der Waals surface area contributed by atoms with Crippen LogP contribution >= 0.6 is 0 Å². The number of rotatable bonds is 1. The van der Waals surface area contributed by atoms with E-state index in [2.05, 4.69) is 5.32 Å². The van der Waals surface area contributed by atoms with E-state index in [4.69, 9.17) is 4.74 Å². The van der Waals surface area contributed by atoms with Crippen LogP contribution in [0.25, 0.3) is 0 Å². The van der Waals surface area contributed by atoms with Crippen LogP contribution in [-0.2, 0) is 9.53 Å². The summed E-state index contributed by atoms with van der Waals surface area (Å²) in [6.45, 7) is 5.46. The molecule has 0 saturated carbocycles. The maximum absolute atomic E-state index is 12.0. The van der Waals surface area contributed by atoms with E-state index in [-0.39, 0.29) is 11.9 Å². The second-order valence-electron chi connectivity index (χ2n) is 4.86. The number of ether oxygens (including phenoxy) is 1. The molecule has 3 amide bonds. The molecule has 0 spiro atoms. The average Bonchev–Trinajstić information content (AvgIpc) is 2.46. The molecule has 0 unspecified atom stereocenters. The molecule has 0 aromatic heterocycles. The Hall–Kier alpha value is -1.56. The van der Waals surface area contributed by atoms with Gasteiger partial charge in [0, 0.05) is 39.3 Å². The van der Waals surface area contributed by atoms with Crippen molar-refractivity contribution in [3.05, 3.63) is 11.8 Å². The summed E-state index contributed by atoms with van der Waals surface area (Å²) in [5, 5.41) is 2.83. The van der Waals surface area contributed by atoms with Gasteiger partial charge in [-0.2, -0.15) is 0 Å². The van der Waals surface area contributed by atoms with Crippen molar-refractivity contribution >= 4 is 11.9 Å². The van der Waals surface area contributed by atoms with Crippen LogP contribution in [0.2, 0.25) is 0 Å². The predicted molar refractivity (Wildman–Crippen MR) is 70.5 cm³/mol. The molecule has 0 aromatic rings. The molecule has 2 fully saturated rings. The van der Waals surface area contributed by atoms with E-state index in [0.717, 1.165) is 26.1 Å². The lowest BCUT2D eigenvalue weighted by Crippen LogP contribution is -2.52. The van der Waals surface area contributed by atoms with Crippen LogP contribution in [0, 0.1) is 0 Å². The molecule has 2 aliphatic heterocycles. The lowest BCUT2D eigenvalue weighted by atomic mass is 10.1. The van der Waals surface area contributed by atoms with Gasteiger partial charge in [0.2, 0.25) is 5.91 Å². The van der Waals surface area contributed by atoms with Crippen LogP contribution in [0.3, 0.4) is 0 Å². The Morgan fingerprint density at radius 1 is 1.11 bits per heavy atom. The topological polar surface area (TPSA) is 61.9 Å². The summed E-state index contributed by atoms with van der Waals surface area (Å²) < 4.78 is 5.26. The summed E-state index contributed by atoms with van der Waals surface area (Å²) in [4.78, 5) is 26.7. The first-order valence-electron chi connectivity index (χ1n) is 6.73. The highest BCUT2D eigenvalue weighted by Gasteiger charge is 2.21. The largest absolute Gasteiger partial charge is 0.381 e. The molecule has 0 radical (unpaired) electrons. The van der Waals surface area contributed by atoms with Crippen molar-refractivity contribution in [1.82, 2.24) is 15.1 Å². The van der Waals surface area contributed by atoms with E-state index >= 15 is 0 Å². The second-order valence-corrected chi connectivity index (χ2v) is 4.86. The predicted octanol–water partition coefficient (Wildman–Crippen LogP) is 0.554. The summed E-state index contributed by atoms with van der Waals surface area (Å²) in [6.07, 6.45) is 3.58. The minimum Gasteiger partial charge on any atom is -0.381 e. The standard InChI is InChI=1S/C13H21N3O3/c1-11(17)15-4-6-16(7-5-15)13(18)14-10-12-2-8-19-9-3-12/h10H,2-9H2,1H3,(H,14,18). The molecule has 19 heavy (non-hydrogen) atoms. The van der Waals surface area contributed by atoms with Crippen LogP contribution < -0.4 is 5.32 Å². The monoisotopic (exact) mass is 267 g/mol. The van der Waals surface area contributed by atoms with Crippen LogP contribution in [0.1, 0.15) is 19.8 Å². The number of urea groups is 1. The Labute approximate surface area is 113 Å². The van der Waals surface area contributed by atoms with Crippen LogP contribution in [0.5, 0.6) is 0 Å². The molecule has 106 valence electrons. The number of carbonyl (C=O) groups excluding carboxylic acids is 2. The van der Waals surface area contributed by atoms with Crippen molar-refractivity contribution < 1.29 is 14.3 Å². The Morgan fingerprint density at radius 3 is 2.26 bits per heavy atom. The van der Waals surface area contributed by atoms with Crippen molar-refractivity contribution in [2.75, 3.05) is 39.4 Å². The Kier molecular flexibility index (Phi) is 4.79. The molecule has 1 N–H and O–H groups in total. The molecular formula is C13H21N3O3. The lowest BCUT2D eigenvalue weighted by Gasteiger charge is -2.33. The van der Waals surface area contributed by atoms with Gasteiger partial charge in [0.25, 0.3) is 0 Å². The molecule has 2 saturated heterocycles. The molecule has 0 aromatic carbocycles. The molecule has 6 nitrogen and oxygen atoms in total. The van der Waals surface area contributed by atoms with Crippen molar-refractivity contribution in [2.45, 2.75) is 19.8 Å². The first-order chi connectivity index (χ1) is 9.16. The fourth-order valence-electron chi connectivity index (χ4n) is 2.26. The maximum Gasteiger partial charge on any atom is 0.321 e. The van der Waals surface area contributed by atoms with E-state index in [1.165, 1.54) is 5.57 Å². The van der Waals surface area contributed by atoms with Crippen LogP contribution in [-0.4, -0.2) is 61.1 Å². The fourth-order valence-corrected chi connectivity index (χ4v) is 2.26. The third kappa shape index (κ3) is 3.96. The number of piperazine rings is 1. The quantitative estimate of drug-likeness (QED) is 0.755. The summed E-state index contributed by atoms with van der Waals surface area (Å²) in [5.41, 5.74) is 1.22. The van der Waals surface area contributed by atoms with Crippen molar-refractivity contribution in [2.24, 2.45) is 0 Å². The number of carbonyl (C=O) groups is 2. The summed E-state index contributed by atoms with van der Waals surface area (Å²) in [7, 11) is 0. The maximum atomic E-state index is 12.0. The van der Waals surface area contributed by atoms with Gasteiger partial charge in [-0.1, -0.05) is 0 Å². The van der Waals surface area contributed by atoms with Gasteiger partial charge in [-0.25, -0.2) is 4.79 Å². The zero-order valence-corrected chi connectivity index (χ0v) is 11.4. The molecule has 6 heteroatoms. The summed E-state index contributed by atoms with van der Waals surface area (Å²) in [5.74, 6) is 0.0735. The first kappa shape index (κ1) is 13.9.